The topological polar surface area (TPSA) is 62.1 Å². The number of aryl methyl sites for hydroxylation is 1. The summed E-state index contributed by atoms with van der Waals surface area (Å²) in [5, 5.41) is 0. The predicted molar refractivity (Wildman–Crippen MR) is 75.4 cm³/mol. The highest BCUT2D eigenvalue weighted by Gasteiger charge is 2.33. The lowest BCUT2D eigenvalue weighted by Gasteiger charge is -2.35. The van der Waals surface area contributed by atoms with Crippen LogP contribution in [0.3, 0.4) is 0 Å². The normalized spacial score (nSPS) is 21.9. The highest BCUT2D eigenvalue weighted by Crippen LogP contribution is 2.38. The molecule has 0 bridgehead atoms. The second kappa shape index (κ2) is 5.54. The minimum absolute atomic E-state index is 0.324. The number of aromatic nitrogens is 4. The quantitative estimate of drug-likeness (QED) is 0.789. The fourth-order valence-corrected chi connectivity index (χ4v) is 2.84. The first-order valence-electron chi connectivity index (χ1n) is 6.63. The molecule has 2 aromatic heterocycles. The Morgan fingerprint density at radius 3 is 2.80 bits per heavy atom. The number of rotatable bonds is 5. The van der Waals surface area contributed by atoms with E-state index >= 15 is 0 Å². The van der Waals surface area contributed by atoms with Crippen LogP contribution in [0.25, 0.3) is 11.2 Å². The number of alkyl halides is 1. The fourth-order valence-electron chi connectivity index (χ4n) is 2.67. The van der Waals surface area contributed by atoms with Gasteiger partial charge in [0.25, 0.3) is 0 Å². The third-order valence-electron chi connectivity index (χ3n) is 3.80. The lowest BCUT2D eigenvalue weighted by Crippen LogP contribution is -2.33. The van der Waals surface area contributed by atoms with Crippen LogP contribution in [0, 0.1) is 0 Å². The average molecular weight is 297 g/mol. The van der Waals surface area contributed by atoms with Crippen molar-refractivity contribution < 1.29 is 9.47 Å². The van der Waals surface area contributed by atoms with Crippen LogP contribution in [-0.4, -0.2) is 45.7 Å². The molecule has 0 N–H and O–H groups in total. The molecule has 3 rings (SSSR count). The molecule has 1 saturated carbocycles. The maximum absolute atomic E-state index is 5.89. The molecular formula is C13H17ClN4O2. The van der Waals surface area contributed by atoms with Crippen molar-refractivity contribution in [1.82, 2.24) is 19.5 Å². The number of hydrogen-bond donors (Lipinski definition) is 0. The highest BCUT2D eigenvalue weighted by atomic mass is 35.5. The molecule has 0 amide bonds. The van der Waals surface area contributed by atoms with Gasteiger partial charge in [-0.2, -0.15) is 4.98 Å². The van der Waals surface area contributed by atoms with Crippen molar-refractivity contribution in [3.05, 3.63) is 12.2 Å². The van der Waals surface area contributed by atoms with Crippen molar-refractivity contribution in [1.29, 1.82) is 0 Å². The summed E-state index contributed by atoms with van der Waals surface area (Å²) >= 11 is 5.89. The van der Waals surface area contributed by atoms with Crippen LogP contribution in [0.5, 0.6) is 5.88 Å². The summed E-state index contributed by atoms with van der Waals surface area (Å²) in [5.41, 5.74) is 1.52. The largest absolute Gasteiger partial charge is 0.479 e. The number of nitrogens with zero attached hydrogens (tertiary/aromatic N) is 4. The van der Waals surface area contributed by atoms with Crippen LogP contribution in [-0.2, 0) is 11.2 Å². The lowest BCUT2D eigenvalue weighted by molar-refractivity contribution is 0.00649. The maximum Gasteiger partial charge on any atom is 0.245 e. The lowest BCUT2D eigenvalue weighted by atomic mass is 9.89. The molecule has 0 unspecified atom stereocenters. The molecular weight excluding hydrogens is 280 g/mol. The van der Waals surface area contributed by atoms with Crippen LogP contribution in [0.2, 0.25) is 0 Å². The molecule has 0 saturated heterocycles. The van der Waals surface area contributed by atoms with Crippen molar-refractivity contribution in [3.8, 4) is 5.88 Å². The molecule has 20 heavy (non-hydrogen) atoms. The summed E-state index contributed by atoms with van der Waals surface area (Å²) in [4.78, 5) is 13.1. The van der Waals surface area contributed by atoms with E-state index in [2.05, 4.69) is 19.5 Å². The van der Waals surface area contributed by atoms with Gasteiger partial charge in [-0.3, -0.25) is 0 Å². The summed E-state index contributed by atoms with van der Waals surface area (Å²) in [7, 11) is 3.34. The molecule has 1 fully saturated rings. The molecule has 108 valence electrons. The summed E-state index contributed by atoms with van der Waals surface area (Å²) in [6.45, 7) is 0. The zero-order chi connectivity index (χ0) is 14.1. The molecule has 0 spiro atoms. The molecule has 2 aromatic rings. The summed E-state index contributed by atoms with van der Waals surface area (Å²) < 4.78 is 12.8. The molecule has 7 heteroatoms. The van der Waals surface area contributed by atoms with Crippen LogP contribution in [0.4, 0.5) is 0 Å². The number of fused-ring (bicyclic) bond motifs is 1. The Hall–Kier alpha value is -1.40. The van der Waals surface area contributed by atoms with E-state index in [0.29, 0.717) is 35.8 Å². The Bertz CT molecular complexity index is 610. The Kier molecular flexibility index (Phi) is 3.76. The van der Waals surface area contributed by atoms with Gasteiger partial charge in [0.05, 0.1) is 13.2 Å². The van der Waals surface area contributed by atoms with E-state index in [1.807, 2.05) is 0 Å². The van der Waals surface area contributed by atoms with Gasteiger partial charge in [-0.15, -0.1) is 11.6 Å². The van der Waals surface area contributed by atoms with E-state index in [1.165, 1.54) is 6.33 Å². The number of methoxy groups -OCH3 is 2. The maximum atomic E-state index is 5.89. The van der Waals surface area contributed by atoms with Crippen molar-refractivity contribution in [2.45, 2.75) is 31.4 Å². The van der Waals surface area contributed by atoms with E-state index < -0.39 is 0 Å². The van der Waals surface area contributed by atoms with Crippen LogP contribution < -0.4 is 4.74 Å². The molecule has 0 aromatic carbocycles. The molecule has 6 nitrogen and oxygen atoms in total. The van der Waals surface area contributed by atoms with Gasteiger partial charge >= 0.3 is 0 Å². The standard InChI is InChI=1S/C13H17ClN4O2/c1-19-9-5-8(6-9)18-10(3-4-14)17-11-12(18)15-7-16-13(11)20-2/h7-9H,3-6H2,1-2H3. The Morgan fingerprint density at radius 2 is 2.15 bits per heavy atom. The highest BCUT2D eigenvalue weighted by molar-refractivity contribution is 6.17. The SMILES string of the molecule is COc1ncnc2c1nc(CCCl)n2C1CC(OC)C1. The zero-order valence-corrected chi connectivity index (χ0v) is 12.3. The minimum atomic E-state index is 0.324. The van der Waals surface area contributed by atoms with Gasteiger partial charge in [0.2, 0.25) is 5.88 Å². The van der Waals surface area contributed by atoms with Gasteiger partial charge in [0.15, 0.2) is 11.2 Å². The molecule has 1 aliphatic rings. The Balaban J connectivity index is 2.06. The number of imidazole rings is 1. The van der Waals surface area contributed by atoms with Crippen molar-refractivity contribution in [3.63, 3.8) is 0 Å². The van der Waals surface area contributed by atoms with Crippen LogP contribution >= 0.6 is 11.6 Å². The van der Waals surface area contributed by atoms with Gasteiger partial charge in [-0.05, 0) is 12.8 Å². The first-order chi connectivity index (χ1) is 9.78. The third-order valence-corrected chi connectivity index (χ3v) is 3.99. The van der Waals surface area contributed by atoms with Gasteiger partial charge in [0, 0.05) is 25.5 Å². The summed E-state index contributed by atoms with van der Waals surface area (Å²) in [5.74, 6) is 1.97. The Labute approximate surface area is 122 Å². The number of halogens is 1. The van der Waals surface area contributed by atoms with Gasteiger partial charge in [0.1, 0.15) is 12.2 Å². The smallest absolute Gasteiger partial charge is 0.245 e. The monoisotopic (exact) mass is 296 g/mol. The van der Waals surface area contributed by atoms with E-state index in [1.54, 1.807) is 14.2 Å². The number of ether oxygens (including phenoxy) is 2. The van der Waals surface area contributed by atoms with Gasteiger partial charge in [-0.1, -0.05) is 0 Å². The van der Waals surface area contributed by atoms with Crippen LogP contribution in [0.15, 0.2) is 6.33 Å². The fraction of sp³-hybridized carbons (Fsp3) is 0.615. The van der Waals surface area contributed by atoms with E-state index in [4.69, 9.17) is 21.1 Å². The molecule has 2 heterocycles. The van der Waals surface area contributed by atoms with Gasteiger partial charge < -0.3 is 14.0 Å². The molecule has 0 radical (unpaired) electrons. The van der Waals surface area contributed by atoms with Crippen molar-refractivity contribution >= 4 is 22.8 Å². The summed E-state index contributed by atoms with van der Waals surface area (Å²) in [6, 6.07) is 0.364. The molecule has 1 aliphatic carbocycles. The second-order valence-electron chi connectivity index (χ2n) is 4.88. The number of hydrogen-bond acceptors (Lipinski definition) is 5. The average Bonchev–Trinajstić information content (AvgIpc) is 2.77. The van der Waals surface area contributed by atoms with E-state index in [-0.39, 0.29) is 0 Å². The van der Waals surface area contributed by atoms with Gasteiger partial charge in [-0.25, -0.2) is 9.97 Å². The van der Waals surface area contributed by atoms with Crippen molar-refractivity contribution in [2.75, 3.05) is 20.1 Å². The predicted octanol–water partition coefficient (Wildman–Crippen LogP) is 1.97. The Morgan fingerprint density at radius 1 is 1.35 bits per heavy atom. The minimum Gasteiger partial charge on any atom is -0.479 e. The van der Waals surface area contributed by atoms with E-state index in [0.717, 1.165) is 24.3 Å². The van der Waals surface area contributed by atoms with Crippen LogP contribution in [0.1, 0.15) is 24.7 Å². The molecule has 0 atom stereocenters. The molecule has 0 aliphatic heterocycles. The second-order valence-corrected chi connectivity index (χ2v) is 5.25. The first-order valence-corrected chi connectivity index (χ1v) is 7.16. The first kappa shape index (κ1) is 13.6. The third kappa shape index (κ3) is 2.13. The zero-order valence-electron chi connectivity index (χ0n) is 11.5. The van der Waals surface area contributed by atoms with Crippen molar-refractivity contribution in [2.24, 2.45) is 0 Å². The summed E-state index contributed by atoms with van der Waals surface area (Å²) in [6.07, 6.45) is 4.49. The van der Waals surface area contributed by atoms with E-state index in [9.17, 15) is 0 Å².